The number of hydrogen-bond acceptors (Lipinski definition) is 5. The van der Waals surface area contributed by atoms with Crippen molar-refractivity contribution in [1.82, 2.24) is 19.7 Å². The van der Waals surface area contributed by atoms with Crippen molar-refractivity contribution in [2.24, 2.45) is 0 Å². The van der Waals surface area contributed by atoms with E-state index in [4.69, 9.17) is 4.52 Å². The number of benzene rings is 2. The van der Waals surface area contributed by atoms with Gasteiger partial charge in [0.25, 0.3) is 0 Å². The minimum absolute atomic E-state index is 0.170. The fourth-order valence-electron chi connectivity index (χ4n) is 3.45. The molecule has 0 aliphatic rings. The molecule has 164 valence electrons. The van der Waals surface area contributed by atoms with Crippen LogP contribution in [-0.4, -0.2) is 25.6 Å². The van der Waals surface area contributed by atoms with E-state index in [1.165, 1.54) is 10.1 Å². The Bertz CT molecular complexity index is 1280. The van der Waals surface area contributed by atoms with Crippen LogP contribution in [0.1, 0.15) is 43.3 Å². The number of hydrogen-bond donors (Lipinski definition) is 2. The molecule has 0 radical (unpaired) electrons. The van der Waals surface area contributed by atoms with Gasteiger partial charge in [-0.15, -0.1) is 0 Å². The number of nitrogens with one attached hydrogen (secondary N) is 2. The van der Waals surface area contributed by atoms with E-state index in [2.05, 4.69) is 46.4 Å². The van der Waals surface area contributed by atoms with Crippen molar-refractivity contribution in [3.63, 3.8) is 0 Å². The number of carbonyl (C=O) groups is 1. The number of imidazole rings is 1. The van der Waals surface area contributed by atoms with Crippen molar-refractivity contribution in [3.8, 4) is 17.1 Å². The van der Waals surface area contributed by atoms with Gasteiger partial charge >= 0.3 is 5.69 Å². The molecule has 8 heteroatoms. The van der Waals surface area contributed by atoms with E-state index < -0.39 is 0 Å². The van der Waals surface area contributed by atoms with E-state index in [9.17, 15) is 9.59 Å². The minimum Gasteiger partial charge on any atom is -0.339 e. The number of aromatic nitrogens is 4. The maximum atomic E-state index is 12.6. The monoisotopic (exact) mass is 431 g/mol. The lowest BCUT2D eigenvalue weighted by molar-refractivity contribution is -0.116. The zero-order chi connectivity index (χ0) is 22.7. The van der Waals surface area contributed by atoms with Gasteiger partial charge in [0.15, 0.2) is 0 Å². The summed E-state index contributed by atoms with van der Waals surface area (Å²) in [6.45, 7) is 6.10. The molecule has 0 aliphatic heterocycles. The zero-order valence-electron chi connectivity index (χ0n) is 18.3. The van der Waals surface area contributed by atoms with Crippen LogP contribution in [0.15, 0.2) is 64.0 Å². The molecule has 4 aromatic rings. The second-order valence-electron chi connectivity index (χ2n) is 7.92. The van der Waals surface area contributed by atoms with Gasteiger partial charge in [-0.05, 0) is 30.5 Å². The van der Waals surface area contributed by atoms with Gasteiger partial charge in [-0.3, -0.25) is 9.36 Å². The first-order valence-corrected chi connectivity index (χ1v) is 10.5. The Kier molecular flexibility index (Phi) is 6.02. The Morgan fingerprint density at radius 2 is 1.91 bits per heavy atom. The van der Waals surface area contributed by atoms with Crippen LogP contribution >= 0.6 is 0 Å². The first-order chi connectivity index (χ1) is 15.4. The molecule has 0 saturated heterocycles. The summed E-state index contributed by atoms with van der Waals surface area (Å²) in [5, 5.41) is 6.91. The second kappa shape index (κ2) is 9.05. The lowest BCUT2D eigenvalue weighted by Gasteiger charge is -2.12. The lowest BCUT2D eigenvalue weighted by atomic mass is 10.0. The second-order valence-corrected chi connectivity index (χ2v) is 7.92. The Morgan fingerprint density at radius 3 is 2.59 bits per heavy atom. The molecule has 0 saturated carbocycles. The van der Waals surface area contributed by atoms with Crippen LogP contribution in [0.3, 0.4) is 0 Å². The van der Waals surface area contributed by atoms with Crippen molar-refractivity contribution in [2.45, 2.75) is 39.5 Å². The third kappa shape index (κ3) is 4.54. The average molecular weight is 431 g/mol. The number of carbonyl (C=O) groups excluding carboxylic acids is 1. The molecular weight excluding hydrogens is 406 g/mol. The molecule has 0 aliphatic carbocycles. The molecule has 0 atom stereocenters. The SMILES string of the molecule is Cc1c[nH]c(=O)n1-c1ccccc1NC(=O)CCc1nc(-c2ccc(C(C)C)cc2)no1. The molecule has 0 unspecified atom stereocenters. The van der Waals surface area contributed by atoms with E-state index in [1.807, 2.05) is 25.1 Å². The molecule has 0 spiro atoms. The van der Waals surface area contributed by atoms with E-state index in [-0.39, 0.29) is 18.0 Å². The number of aromatic amines is 1. The van der Waals surface area contributed by atoms with E-state index in [1.54, 1.807) is 24.4 Å². The van der Waals surface area contributed by atoms with Crippen molar-refractivity contribution in [1.29, 1.82) is 0 Å². The van der Waals surface area contributed by atoms with E-state index >= 15 is 0 Å². The molecule has 2 N–H and O–H groups in total. The van der Waals surface area contributed by atoms with Gasteiger partial charge in [-0.2, -0.15) is 4.98 Å². The summed E-state index contributed by atoms with van der Waals surface area (Å²) in [5.74, 6) is 1.14. The summed E-state index contributed by atoms with van der Waals surface area (Å²) in [4.78, 5) is 31.7. The predicted octanol–water partition coefficient (Wildman–Crippen LogP) is 4.22. The fourth-order valence-corrected chi connectivity index (χ4v) is 3.45. The number of H-pyrrole nitrogens is 1. The highest BCUT2D eigenvalue weighted by atomic mass is 16.5. The molecule has 0 fully saturated rings. The quantitative estimate of drug-likeness (QED) is 0.456. The zero-order valence-corrected chi connectivity index (χ0v) is 18.3. The Labute approximate surface area is 185 Å². The van der Waals surface area contributed by atoms with Crippen LogP contribution in [-0.2, 0) is 11.2 Å². The number of nitrogens with zero attached hydrogens (tertiary/aromatic N) is 3. The predicted molar refractivity (Wildman–Crippen MR) is 122 cm³/mol. The van der Waals surface area contributed by atoms with Gasteiger partial charge in [0.1, 0.15) is 0 Å². The molecule has 32 heavy (non-hydrogen) atoms. The van der Waals surface area contributed by atoms with Crippen molar-refractivity contribution in [3.05, 3.63) is 82.4 Å². The van der Waals surface area contributed by atoms with Crippen LogP contribution in [0.2, 0.25) is 0 Å². The highest BCUT2D eigenvalue weighted by Crippen LogP contribution is 2.22. The largest absolute Gasteiger partial charge is 0.339 e. The highest BCUT2D eigenvalue weighted by Gasteiger charge is 2.14. The smallest absolute Gasteiger partial charge is 0.330 e. The average Bonchev–Trinajstić information content (AvgIpc) is 3.39. The third-order valence-corrected chi connectivity index (χ3v) is 5.25. The van der Waals surface area contributed by atoms with Gasteiger partial charge in [0, 0.05) is 30.3 Å². The molecule has 2 aromatic carbocycles. The summed E-state index contributed by atoms with van der Waals surface area (Å²) >= 11 is 0. The van der Waals surface area contributed by atoms with Gasteiger partial charge in [0.2, 0.25) is 17.6 Å². The van der Waals surface area contributed by atoms with Crippen LogP contribution in [0.5, 0.6) is 0 Å². The molecule has 2 heterocycles. The standard InChI is InChI=1S/C24H25N5O3/c1-15(2)17-8-10-18(11-9-17)23-27-22(32-28-23)13-12-21(30)26-19-6-4-5-7-20(19)29-16(3)14-25-24(29)31/h4-11,14-15H,12-13H2,1-3H3,(H,25,31)(H,26,30). The number of para-hydroxylation sites is 2. The first kappa shape index (κ1) is 21.3. The number of amides is 1. The summed E-state index contributed by atoms with van der Waals surface area (Å²) in [5.41, 5.74) is 3.76. The molecule has 8 nitrogen and oxygen atoms in total. The number of anilines is 1. The lowest BCUT2D eigenvalue weighted by Crippen LogP contribution is -2.19. The summed E-state index contributed by atoms with van der Waals surface area (Å²) < 4.78 is 6.84. The van der Waals surface area contributed by atoms with Gasteiger partial charge in [-0.25, -0.2) is 4.79 Å². The van der Waals surface area contributed by atoms with Gasteiger partial charge in [0.05, 0.1) is 11.4 Å². The van der Waals surface area contributed by atoms with Crippen molar-refractivity contribution in [2.75, 3.05) is 5.32 Å². The van der Waals surface area contributed by atoms with E-state index in [0.29, 0.717) is 35.4 Å². The number of rotatable bonds is 7. The first-order valence-electron chi connectivity index (χ1n) is 10.5. The van der Waals surface area contributed by atoms with Crippen LogP contribution in [0.4, 0.5) is 5.69 Å². The van der Waals surface area contributed by atoms with E-state index in [0.717, 1.165) is 11.3 Å². The van der Waals surface area contributed by atoms with Gasteiger partial charge < -0.3 is 14.8 Å². The molecule has 2 aromatic heterocycles. The molecule has 0 bridgehead atoms. The summed E-state index contributed by atoms with van der Waals surface area (Å²) in [6.07, 6.45) is 2.11. The maximum Gasteiger partial charge on any atom is 0.330 e. The van der Waals surface area contributed by atoms with Crippen LogP contribution in [0, 0.1) is 6.92 Å². The Balaban J connectivity index is 1.41. The highest BCUT2D eigenvalue weighted by molar-refractivity contribution is 5.92. The van der Waals surface area contributed by atoms with Crippen LogP contribution in [0.25, 0.3) is 17.1 Å². The van der Waals surface area contributed by atoms with Gasteiger partial charge in [-0.1, -0.05) is 55.4 Å². The summed E-state index contributed by atoms with van der Waals surface area (Å²) in [6, 6.07) is 15.2. The Morgan fingerprint density at radius 1 is 1.16 bits per heavy atom. The third-order valence-electron chi connectivity index (χ3n) is 5.25. The fraction of sp³-hybridized carbons (Fsp3) is 0.250. The minimum atomic E-state index is -0.260. The Hall–Kier alpha value is -3.94. The van der Waals surface area contributed by atoms with Crippen LogP contribution < -0.4 is 11.0 Å². The van der Waals surface area contributed by atoms with Crippen molar-refractivity contribution >= 4 is 11.6 Å². The topological polar surface area (TPSA) is 106 Å². The normalized spacial score (nSPS) is 11.1. The molecular formula is C24H25N5O3. The van der Waals surface area contributed by atoms with Crippen molar-refractivity contribution < 1.29 is 9.32 Å². The number of aryl methyl sites for hydroxylation is 2. The molecule has 4 rings (SSSR count). The molecule has 1 amide bonds. The summed E-state index contributed by atoms with van der Waals surface area (Å²) in [7, 11) is 0. The maximum absolute atomic E-state index is 12.6.